The predicted molar refractivity (Wildman–Crippen MR) is 127 cm³/mol. The van der Waals surface area contributed by atoms with Gasteiger partial charge >= 0.3 is 0 Å². The van der Waals surface area contributed by atoms with Gasteiger partial charge in [0.15, 0.2) is 0 Å². The molecule has 0 saturated carbocycles. The van der Waals surface area contributed by atoms with Crippen LogP contribution in [0.5, 0.6) is 0 Å². The summed E-state index contributed by atoms with van der Waals surface area (Å²) in [7, 11) is 0. The summed E-state index contributed by atoms with van der Waals surface area (Å²) in [6.07, 6.45) is 4.97. The summed E-state index contributed by atoms with van der Waals surface area (Å²) < 4.78 is 0. The minimum Gasteiger partial charge on any atom is -0.351 e. The van der Waals surface area contributed by atoms with E-state index in [4.69, 9.17) is 34.8 Å². The molecule has 0 radical (unpaired) electrons. The van der Waals surface area contributed by atoms with Gasteiger partial charge in [-0.3, -0.25) is 9.59 Å². The van der Waals surface area contributed by atoms with Gasteiger partial charge in [-0.05, 0) is 54.8 Å². The van der Waals surface area contributed by atoms with Crippen molar-refractivity contribution in [3.05, 3.63) is 74.7 Å². The molecule has 2 aromatic carbocycles. The zero-order valence-electron chi connectivity index (χ0n) is 16.9. The average Bonchev–Trinajstić information content (AvgIpc) is 2.76. The number of nitrogens with zero attached hydrogens (tertiary/aromatic N) is 1. The molecule has 1 fully saturated rings. The highest BCUT2D eigenvalue weighted by Crippen LogP contribution is 2.23. The Kier molecular flexibility index (Phi) is 8.79. The fourth-order valence-corrected chi connectivity index (χ4v) is 3.89. The van der Waals surface area contributed by atoms with Crippen LogP contribution < -0.4 is 10.6 Å². The molecule has 1 aliphatic rings. The quantitative estimate of drug-likeness (QED) is 0.566. The molecule has 5 nitrogen and oxygen atoms in total. The van der Waals surface area contributed by atoms with Crippen molar-refractivity contribution in [3.63, 3.8) is 0 Å². The van der Waals surface area contributed by atoms with Crippen LogP contribution in [-0.4, -0.2) is 48.9 Å². The summed E-state index contributed by atoms with van der Waals surface area (Å²) in [4.78, 5) is 26.6. The second-order valence-corrected chi connectivity index (χ2v) is 8.65. The van der Waals surface area contributed by atoms with Gasteiger partial charge in [0.25, 0.3) is 5.91 Å². The third kappa shape index (κ3) is 7.54. The number of carbonyl (C=O) groups excluding carboxylic acids is 2. The van der Waals surface area contributed by atoms with Crippen LogP contribution in [0.3, 0.4) is 0 Å². The van der Waals surface area contributed by atoms with Crippen molar-refractivity contribution in [1.82, 2.24) is 15.5 Å². The number of benzene rings is 2. The lowest BCUT2D eigenvalue weighted by Gasteiger charge is -2.32. The number of carbonyl (C=O) groups is 2. The molecule has 1 saturated heterocycles. The van der Waals surface area contributed by atoms with E-state index in [0.29, 0.717) is 27.2 Å². The van der Waals surface area contributed by atoms with Crippen molar-refractivity contribution in [2.24, 2.45) is 0 Å². The second kappa shape index (κ2) is 11.5. The molecule has 2 aromatic rings. The average molecular weight is 481 g/mol. The maximum atomic E-state index is 12.2. The third-order valence-electron chi connectivity index (χ3n) is 5.11. The van der Waals surface area contributed by atoms with E-state index in [1.54, 1.807) is 42.5 Å². The summed E-state index contributed by atoms with van der Waals surface area (Å²) in [6.45, 7) is 3.07. The molecule has 0 spiro atoms. The molecule has 8 heteroatoms. The van der Waals surface area contributed by atoms with Crippen LogP contribution in [0.15, 0.2) is 48.5 Å². The van der Waals surface area contributed by atoms with Crippen molar-refractivity contribution in [2.75, 3.05) is 26.2 Å². The Balaban J connectivity index is 1.35. The predicted octanol–water partition coefficient (Wildman–Crippen LogP) is 4.67. The van der Waals surface area contributed by atoms with E-state index in [1.807, 2.05) is 6.07 Å². The van der Waals surface area contributed by atoms with Gasteiger partial charge in [-0.1, -0.05) is 46.9 Å². The largest absolute Gasteiger partial charge is 0.351 e. The molecular formula is C23H24Cl3N3O2. The molecule has 164 valence electrons. The van der Waals surface area contributed by atoms with E-state index in [1.165, 1.54) is 6.08 Å². The number of amides is 2. The van der Waals surface area contributed by atoms with E-state index in [2.05, 4.69) is 15.5 Å². The summed E-state index contributed by atoms with van der Waals surface area (Å²) in [5.74, 6) is -0.253. The van der Waals surface area contributed by atoms with Gasteiger partial charge in [-0.15, -0.1) is 0 Å². The standard InChI is InChI=1S/C23H24Cl3N3O2/c24-18-3-1-2-17(15-18)23(31)27-10-13-29-11-8-19(9-12-29)28-22(30)7-5-16-4-6-20(25)21(26)14-16/h1-7,14-15,19H,8-13H2,(H,27,31)(H,28,30)/b7-5+. The van der Waals surface area contributed by atoms with Gasteiger partial charge in [-0.2, -0.15) is 0 Å². The van der Waals surface area contributed by atoms with Crippen molar-refractivity contribution in [1.29, 1.82) is 0 Å². The van der Waals surface area contributed by atoms with Gasteiger partial charge in [0.1, 0.15) is 0 Å². The first-order valence-corrected chi connectivity index (χ1v) is 11.2. The van der Waals surface area contributed by atoms with Crippen LogP contribution in [0.4, 0.5) is 0 Å². The molecule has 0 aromatic heterocycles. The van der Waals surface area contributed by atoms with Crippen molar-refractivity contribution in [3.8, 4) is 0 Å². The molecular weight excluding hydrogens is 457 g/mol. The number of piperidine rings is 1. The van der Waals surface area contributed by atoms with Crippen molar-refractivity contribution >= 4 is 52.7 Å². The Morgan fingerprint density at radius 3 is 2.52 bits per heavy atom. The Labute approximate surface area is 197 Å². The van der Waals surface area contributed by atoms with E-state index < -0.39 is 0 Å². The Bertz CT molecular complexity index is 957. The fraction of sp³-hybridized carbons (Fsp3) is 0.304. The van der Waals surface area contributed by atoms with Crippen LogP contribution in [0.1, 0.15) is 28.8 Å². The highest BCUT2D eigenvalue weighted by atomic mass is 35.5. The zero-order valence-corrected chi connectivity index (χ0v) is 19.2. The van der Waals surface area contributed by atoms with Crippen LogP contribution in [0.2, 0.25) is 15.1 Å². The first-order chi connectivity index (χ1) is 14.9. The Morgan fingerprint density at radius 1 is 1.03 bits per heavy atom. The van der Waals surface area contributed by atoms with Crippen molar-refractivity contribution in [2.45, 2.75) is 18.9 Å². The fourth-order valence-electron chi connectivity index (χ4n) is 3.40. The SMILES string of the molecule is O=C(/C=C/c1ccc(Cl)c(Cl)c1)NC1CCN(CCNC(=O)c2cccc(Cl)c2)CC1. The van der Waals surface area contributed by atoms with Gasteiger partial charge in [0, 0.05) is 48.9 Å². The Hall–Kier alpha value is -2.05. The minimum absolute atomic E-state index is 0.126. The van der Waals surface area contributed by atoms with Crippen molar-refractivity contribution < 1.29 is 9.59 Å². The lowest BCUT2D eigenvalue weighted by molar-refractivity contribution is -0.117. The highest BCUT2D eigenvalue weighted by Gasteiger charge is 2.20. The van der Waals surface area contributed by atoms with Crippen LogP contribution in [0.25, 0.3) is 6.08 Å². The van der Waals surface area contributed by atoms with E-state index in [0.717, 1.165) is 38.0 Å². The van der Waals surface area contributed by atoms with E-state index >= 15 is 0 Å². The maximum Gasteiger partial charge on any atom is 0.251 e. The molecule has 2 N–H and O–H groups in total. The topological polar surface area (TPSA) is 61.4 Å². The van der Waals surface area contributed by atoms with E-state index in [-0.39, 0.29) is 17.9 Å². The molecule has 0 bridgehead atoms. The number of hydrogen-bond acceptors (Lipinski definition) is 3. The summed E-state index contributed by atoms with van der Waals surface area (Å²) >= 11 is 17.8. The number of nitrogens with one attached hydrogen (secondary N) is 2. The molecule has 1 heterocycles. The number of halogens is 3. The molecule has 0 atom stereocenters. The maximum absolute atomic E-state index is 12.2. The number of likely N-dealkylation sites (tertiary alicyclic amines) is 1. The molecule has 1 aliphatic heterocycles. The number of hydrogen-bond donors (Lipinski definition) is 2. The van der Waals surface area contributed by atoms with Gasteiger partial charge in [0.2, 0.25) is 5.91 Å². The lowest BCUT2D eigenvalue weighted by atomic mass is 10.0. The normalized spacial score (nSPS) is 15.2. The van der Waals surface area contributed by atoms with Crippen LogP contribution in [-0.2, 0) is 4.79 Å². The first kappa shape index (κ1) is 23.6. The zero-order chi connectivity index (χ0) is 22.2. The third-order valence-corrected chi connectivity index (χ3v) is 6.08. The second-order valence-electron chi connectivity index (χ2n) is 7.40. The summed E-state index contributed by atoms with van der Waals surface area (Å²) in [6, 6.07) is 12.3. The monoisotopic (exact) mass is 479 g/mol. The highest BCUT2D eigenvalue weighted by molar-refractivity contribution is 6.42. The molecule has 0 aliphatic carbocycles. The molecule has 2 amide bonds. The molecule has 31 heavy (non-hydrogen) atoms. The molecule has 0 unspecified atom stereocenters. The van der Waals surface area contributed by atoms with Gasteiger partial charge < -0.3 is 15.5 Å². The van der Waals surface area contributed by atoms with E-state index in [9.17, 15) is 9.59 Å². The summed E-state index contributed by atoms with van der Waals surface area (Å²) in [5.41, 5.74) is 1.38. The van der Waals surface area contributed by atoms with Crippen LogP contribution >= 0.6 is 34.8 Å². The minimum atomic E-state index is -0.127. The van der Waals surface area contributed by atoms with Crippen LogP contribution in [0, 0.1) is 0 Å². The number of rotatable bonds is 7. The summed E-state index contributed by atoms with van der Waals surface area (Å²) in [5, 5.41) is 7.45. The first-order valence-electron chi connectivity index (χ1n) is 10.1. The van der Waals surface area contributed by atoms with Gasteiger partial charge in [0.05, 0.1) is 10.0 Å². The Morgan fingerprint density at radius 2 is 1.81 bits per heavy atom. The lowest BCUT2D eigenvalue weighted by Crippen LogP contribution is -2.46. The smallest absolute Gasteiger partial charge is 0.251 e. The molecule has 3 rings (SSSR count). The van der Waals surface area contributed by atoms with Gasteiger partial charge in [-0.25, -0.2) is 0 Å².